The highest BCUT2D eigenvalue weighted by Gasteiger charge is 2.45. The minimum Gasteiger partial charge on any atom is -0.384 e. The number of nitrogens with one attached hydrogen (secondary N) is 2. The van der Waals surface area contributed by atoms with Crippen LogP contribution in [-0.2, 0) is 4.79 Å². The van der Waals surface area contributed by atoms with Crippen LogP contribution in [0.5, 0.6) is 0 Å². The lowest BCUT2D eigenvalue weighted by Crippen LogP contribution is -2.35. The molecule has 1 aliphatic heterocycles. The second-order valence-corrected chi connectivity index (χ2v) is 10.7. The Bertz CT molecular complexity index is 994. The topological polar surface area (TPSA) is 83.0 Å². The Kier molecular flexibility index (Phi) is 5.97. The Morgan fingerprint density at radius 2 is 1.85 bits per heavy atom. The molecule has 3 aliphatic rings. The molecule has 2 N–H and O–H groups in total. The van der Waals surface area contributed by atoms with E-state index in [2.05, 4.69) is 36.6 Å². The fourth-order valence-corrected chi connectivity index (χ4v) is 5.13. The molecule has 176 valence electrons. The molecule has 5 rings (SSSR count). The number of aryl methyl sites for hydroxylation is 2. The Balaban J connectivity index is 1.03. The van der Waals surface area contributed by atoms with Gasteiger partial charge in [0.05, 0.1) is 11.9 Å². The number of nitrogens with zero attached hydrogens (tertiary/aromatic N) is 4. The highest BCUT2D eigenvalue weighted by atomic mass is 16.2. The molecule has 3 heterocycles. The molecule has 0 bridgehead atoms. The van der Waals surface area contributed by atoms with E-state index in [0.717, 1.165) is 73.0 Å². The van der Waals surface area contributed by atoms with Crippen LogP contribution in [0.4, 0.5) is 17.5 Å². The summed E-state index contributed by atoms with van der Waals surface area (Å²) in [6.45, 7) is 9.17. The predicted molar refractivity (Wildman–Crippen MR) is 131 cm³/mol. The molecule has 7 heteroatoms. The Labute approximate surface area is 196 Å². The van der Waals surface area contributed by atoms with Crippen molar-refractivity contribution in [2.75, 3.05) is 35.2 Å². The molecular formula is C26H36N6O. The van der Waals surface area contributed by atoms with Gasteiger partial charge in [0, 0.05) is 37.4 Å². The Morgan fingerprint density at radius 3 is 2.52 bits per heavy atom. The molecule has 2 aromatic rings. The maximum absolute atomic E-state index is 12.3. The smallest absolute Gasteiger partial charge is 0.231 e. The van der Waals surface area contributed by atoms with Crippen LogP contribution in [0.1, 0.15) is 56.6 Å². The summed E-state index contributed by atoms with van der Waals surface area (Å²) in [6.07, 6.45) is 12.7. The molecule has 0 unspecified atom stereocenters. The highest BCUT2D eigenvalue weighted by molar-refractivity contribution is 5.96. The minimum atomic E-state index is -0.184. The number of aromatic nitrogens is 3. The summed E-state index contributed by atoms with van der Waals surface area (Å²) in [5.74, 6) is 4.23. The largest absolute Gasteiger partial charge is 0.384 e. The zero-order chi connectivity index (χ0) is 23.0. The van der Waals surface area contributed by atoms with E-state index in [-0.39, 0.29) is 11.3 Å². The molecule has 2 atom stereocenters. The van der Waals surface area contributed by atoms with E-state index < -0.39 is 0 Å². The third-order valence-electron chi connectivity index (χ3n) is 7.88. The Hall–Kier alpha value is -2.70. The first-order chi connectivity index (χ1) is 15.9. The monoisotopic (exact) mass is 448 g/mol. The van der Waals surface area contributed by atoms with Crippen molar-refractivity contribution in [3.05, 3.63) is 35.8 Å². The number of hydrogen-bond donors (Lipinski definition) is 2. The molecule has 0 spiro atoms. The quantitative estimate of drug-likeness (QED) is 0.615. The number of piperidine rings is 1. The van der Waals surface area contributed by atoms with E-state index in [1.54, 1.807) is 0 Å². The van der Waals surface area contributed by atoms with Crippen LogP contribution < -0.4 is 15.5 Å². The lowest BCUT2D eigenvalue weighted by Gasteiger charge is -2.32. The average molecular weight is 449 g/mol. The fraction of sp³-hybridized carbons (Fsp3) is 0.615. The standard InChI is InChI=1S/C26H36N6O/c1-17-14-29-25(30-15-17)32-10-5-19(6-11-32)22-13-20(22)4-9-27-21-12-18(2)23(28-16-21)31-24(33)26(3)7-8-26/h12,14-16,19-20,22,27H,4-11,13H2,1-3H3,(H,28,31,33)/t20-,22-/m1/s1. The molecule has 0 aromatic carbocycles. The predicted octanol–water partition coefficient (Wildman–Crippen LogP) is 4.58. The summed E-state index contributed by atoms with van der Waals surface area (Å²) >= 11 is 0. The zero-order valence-corrected chi connectivity index (χ0v) is 20.1. The molecule has 33 heavy (non-hydrogen) atoms. The molecule has 2 aliphatic carbocycles. The van der Waals surface area contributed by atoms with Crippen LogP contribution in [0.25, 0.3) is 0 Å². The van der Waals surface area contributed by atoms with Gasteiger partial charge in [0.1, 0.15) is 5.82 Å². The first-order valence-electron chi connectivity index (χ1n) is 12.5. The average Bonchev–Trinajstić information content (AvgIpc) is 3.74. The van der Waals surface area contributed by atoms with Gasteiger partial charge in [0.15, 0.2) is 0 Å². The van der Waals surface area contributed by atoms with Crippen molar-refractivity contribution < 1.29 is 4.79 Å². The minimum absolute atomic E-state index is 0.0933. The van der Waals surface area contributed by atoms with Crippen molar-refractivity contribution in [1.82, 2.24) is 15.0 Å². The second kappa shape index (κ2) is 8.92. The first-order valence-corrected chi connectivity index (χ1v) is 12.5. The van der Waals surface area contributed by atoms with Gasteiger partial charge in [-0.3, -0.25) is 4.79 Å². The van der Waals surface area contributed by atoms with E-state index in [9.17, 15) is 4.79 Å². The number of anilines is 3. The third kappa shape index (κ3) is 5.12. The molecule has 3 fully saturated rings. The number of pyridine rings is 1. The second-order valence-electron chi connectivity index (χ2n) is 10.7. The van der Waals surface area contributed by atoms with Crippen molar-refractivity contribution in [2.45, 2.75) is 59.3 Å². The van der Waals surface area contributed by atoms with Crippen molar-refractivity contribution >= 4 is 23.4 Å². The first kappa shape index (κ1) is 22.1. The van der Waals surface area contributed by atoms with Crippen molar-refractivity contribution in [2.24, 2.45) is 23.2 Å². The van der Waals surface area contributed by atoms with Gasteiger partial charge in [-0.2, -0.15) is 0 Å². The summed E-state index contributed by atoms with van der Waals surface area (Å²) in [4.78, 5) is 28.1. The van der Waals surface area contributed by atoms with Gasteiger partial charge in [0.2, 0.25) is 11.9 Å². The number of carbonyl (C=O) groups is 1. The van der Waals surface area contributed by atoms with Crippen LogP contribution in [0.15, 0.2) is 24.7 Å². The molecule has 2 saturated carbocycles. The lowest BCUT2D eigenvalue weighted by molar-refractivity contribution is -0.120. The van der Waals surface area contributed by atoms with Crippen LogP contribution in [0.2, 0.25) is 0 Å². The fourth-order valence-electron chi connectivity index (χ4n) is 5.13. The van der Waals surface area contributed by atoms with E-state index in [0.29, 0.717) is 5.82 Å². The summed E-state index contributed by atoms with van der Waals surface area (Å²) < 4.78 is 0. The maximum atomic E-state index is 12.3. The van der Waals surface area contributed by atoms with Gasteiger partial charge >= 0.3 is 0 Å². The summed E-state index contributed by atoms with van der Waals surface area (Å²) in [6, 6.07) is 2.09. The van der Waals surface area contributed by atoms with Gasteiger partial charge in [0.25, 0.3) is 0 Å². The number of carbonyl (C=O) groups excluding carboxylic acids is 1. The van der Waals surface area contributed by atoms with Crippen LogP contribution in [-0.4, -0.2) is 40.5 Å². The van der Waals surface area contributed by atoms with Gasteiger partial charge in [-0.15, -0.1) is 0 Å². The van der Waals surface area contributed by atoms with Crippen molar-refractivity contribution in [3.63, 3.8) is 0 Å². The molecule has 2 aromatic heterocycles. The van der Waals surface area contributed by atoms with Crippen LogP contribution in [0, 0.1) is 37.0 Å². The molecular weight excluding hydrogens is 412 g/mol. The van der Waals surface area contributed by atoms with Crippen molar-refractivity contribution in [3.8, 4) is 0 Å². The molecule has 1 amide bonds. The summed E-state index contributed by atoms with van der Waals surface area (Å²) in [5.41, 5.74) is 2.97. The number of rotatable bonds is 8. The summed E-state index contributed by atoms with van der Waals surface area (Å²) in [7, 11) is 0. The van der Waals surface area contributed by atoms with Crippen LogP contribution in [0.3, 0.4) is 0 Å². The Morgan fingerprint density at radius 1 is 1.12 bits per heavy atom. The van der Waals surface area contributed by atoms with Gasteiger partial charge in [-0.1, -0.05) is 6.92 Å². The van der Waals surface area contributed by atoms with Crippen LogP contribution >= 0.6 is 0 Å². The summed E-state index contributed by atoms with van der Waals surface area (Å²) in [5, 5.41) is 6.53. The molecule has 1 saturated heterocycles. The lowest BCUT2D eigenvalue weighted by atomic mass is 9.90. The van der Waals surface area contributed by atoms with E-state index >= 15 is 0 Å². The maximum Gasteiger partial charge on any atom is 0.231 e. The van der Waals surface area contributed by atoms with Gasteiger partial charge < -0.3 is 15.5 Å². The van der Waals surface area contributed by atoms with E-state index in [1.165, 1.54) is 25.7 Å². The van der Waals surface area contributed by atoms with E-state index in [4.69, 9.17) is 0 Å². The number of hydrogen-bond acceptors (Lipinski definition) is 6. The van der Waals surface area contributed by atoms with Gasteiger partial charge in [-0.05, 0) is 87.3 Å². The van der Waals surface area contributed by atoms with Gasteiger partial charge in [-0.25, -0.2) is 15.0 Å². The van der Waals surface area contributed by atoms with E-state index in [1.807, 2.05) is 39.4 Å². The van der Waals surface area contributed by atoms with Crippen molar-refractivity contribution in [1.29, 1.82) is 0 Å². The SMILES string of the molecule is Cc1cnc(N2CCC([C@H]3C[C@H]3CCNc3cnc(NC(=O)C4(C)CC4)c(C)c3)CC2)nc1. The molecule has 7 nitrogen and oxygen atoms in total. The number of amides is 1. The third-order valence-corrected chi connectivity index (χ3v) is 7.88. The normalized spacial score (nSPS) is 23.8. The zero-order valence-electron chi connectivity index (χ0n) is 20.1. The molecule has 0 radical (unpaired) electrons. The highest BCUT2D eigenvalue weighted by Crippen LogP contribution is 2.50.